The van der Waals surface area contributed by atoms with Crippen molar-refractivity contribution in [2.45, 2.75) is 13.8 Å². The summed E-state index contributed by atoms with van der Waals surface area (Å²) in [5.41, 5.74) is 2.59. The van der Waals surface area contributed by atoms with Gasteiger partial charge in [0.15, 0.2) is 11.5 Å². The highest BCUT2D eigenvalue weighted by Gasteiger charge is 2.17. The Kier molecular flexibility index (Phi) is 10.0. The highest BCUT2D eigenvalue weighted by Crippen LogP contribution is 2.30. The Labute approximate surface area is 213 Å². The minimum Gasteiger partial charge on any atom is -0.490 e. The summed E-state index contributed by atoms with van der Waals surface area (Å²) in [6.07, 6.45) is 1.09. The van der Waals surface area contributed by atoms with Crippen LogP contribution in [0, 0.1) is 6.92 Å². The van der Waals surface area contributed by atoms with Crippen LogP contribution in [0.15, 0.2) is 57.0 Å². The van der Waals surface area contributed by atoms with Crippen molar-refractivity contribution >= 4 is 34.3 Å². The van der Waals surface area contributed by atoms with E-state index in [-0.39, 0.29) is 0 Å². The number of benzene rings is 2. The molecule has 0 atom stereocenters. The second-order valence-electron chi connectivity index (χ2n) is 7.17. The van der Waals surface area contributed by atoms with Crippen LogP contribution in [0.4, 0.5) is 10.5 Å². The monoisotopic (exact) mass is 512 g/mol. The van der Waals surface area contributed by atoms with Crippen LogP contribution in [0.2, 0.25) is 0 Å². The van der Waals surface area contributed by atoms with Crippen LogP contribution >= 0.6 is 11.8 Å². The maximum atomic E-state index is 12.0. The van der Waals surface area contributed by atoms with E-state index in [0.29, 0.717) is 65.0 Å². The standard InChI is InChI=1S/C25H28N4O6S/c1-6-33-21-15-18(9-12-20(21)34-14-13-31-3)22(24(36-5)28-25(30)32-4)27-19-10-7-17(8-11-19)23-26-16(2)35-29-23/h7-12,15H,6,13-14H2,1-5H3/b27-22-,28-24-. The number of methoxy groups -OCH3 is 2. The van der Waals surface area contributed by atoms with Gasteiger partial charge in [-0.2, -0.15) is 9.98 Å². The fraction of sp³-hybridized carbons (Fsp3) is 0.320. The number of rotatable bonds is 10. The first-order valence-corrected chi connectivity index (χ1v) is 12.3. The Balaban J connectivity index is 2.05. The highest BCUT2D eigenvalue weighted by molar-refractivity contribution is 8.15. The van der Waals surface area contributed by atoms with Crippen LogP contribution in [-0.2, 0) is 9.47 Å². The third-order valence-corrected chi connectivity index (χ3v) is 5.39. The summed E-state index contributed by atoms with van der Waals surface area (Å²) in [5, 5.41) is 4.32. The van der Waals surface area contributed by atoms with Crippen molar-refractivity contribution in [3.05, 3.63) is 53.9 Å². The molecule has 1 amide bonds. The van der Waals surface area contributed by atoms with Crippen LogP contribution in [0.3, 0.4) is 0 Å². The second-order valence-corrected chi connectivity index (χ2v) is 7.97. The summed E-state index contributed by atoms with van der Waals surface area (Å²) in [5.74, 6) is 2.09. The Morgan fingerprint density at radius 1 is 1.06 bits per heavy atom. The minimum absolute atomic E-state index is 0.378. The van der Waals surface area contributed by atoms with Gasteiger partial charge in [-0.05, 0) is 55.6 Å². The first kappa shape index (κ1) is 26.9. The van der Waals surface area contributed by atoms with Gasteiger partial charge in [0.25, 0.3) is 0 Å². The van der Waals surface area contributed by atoms with Crippen LogP contribution in [-0.4, -0.2) is 67.3 Å². The van der Waals surface area contributed by atoms with E-state index in [1.54, 1.807) is 20.1 Å². The van der Waals surface area contributed by atoms with E-state index in [2.05, 4.69) is 15.1 Å². The smallest absolute Gasteiger partial charge is 0.434 e. The van der Waals surface area contributed by atoms with Crippen molar-refractivity contribution in [1.82, 2.24) is 10.1 Å². The maximum absolute atomic E-state index is 12.0. The molecule has 0 fully saturated rings. The lowest BCUT2D eigenvalue weighted by molar-refractivity contribution is 0.143. The summed E-state index contributed by atoms with van der Waals surface area (Å²) < 4.78 is 26.5. The van der Waals surface area contributed by atoms with Crippen molar-refractivity contribution in [2.24, 2.45) is 9.98 Å². The molecule has 2 aromatic carbocycles. The summed E-state index contributed by atoms with van der Waals surface area (Å²) >= 11 is 1.28. The number of nitrogens with zero attached hydrogens (tertiary/aromatic N) is 4. The predicted octanol–water partition coefficient (Wildman–Crippen LogP) is 5.12. The van der Waals surface area contributed by atoms with E-state index in [4.69, 9.17) is 28.5 Å². The van der Waals surface area contributed by atoms with Crippen molar-refractivity contribution in [3.63, 3.8) is 0 Å². The lowest BCUT2D eigenvalue weighted by atomic mass is 10.1. The average Bonchev–Trinajstić information content (AvgIpc) is 3.33. The van der Waals surface area contributed by atoms with E-state index in [1.807, 2.05) is 49.6 Å². The number of amides is 1. The molecular weight excluding hydrogens is 484 g/mol. The molecular formula is C25H28N4O6S. The van der Waals surface area contributed by atoms with Crippen LogP contribution in [0.1, 0.15) is 18.4 Å². The lowest BCUT2D eigenvalue weighted by Crippen LogP contribution is -2.15. The molecule has 36 heavy (non-hydrogen) atoms. The summed E-state index contributed by atoms with van der Waals surface area (Å²) in [4.78, 5) is 25.1. The van der Waals surface area contributed by atoms with Gasteiger partial charge in [0.2, 0.25) is 11.7 Å². The molecule has 0 unspecified atom stereocenters. The second kappa shape index (κ2) is 13.4. The van der Waals surface area contributed by atoms with Gasteiger partial charge < -0.3 is 23.5 Å². The largest absolute Gasteiger partial charge is 0.490 e. The minimum atomic E-state index is -0.723. The van der Waals surface area contributed by atoms with E-state index in [1.165, 1.54) is 18.9 Å². The normalized spacial score (nSPS) is 11.9. The summed E-state index contributed by atoms with van der Waals surface area (Å²) in [6, 6.07) is 12.8. The van der Waals surface area contributed by atoms with Gasteiger partial charge in [-0.15, -0.1) is 11.8 Å². The zero-order valence-electron chi connectivity index (χ0n) is 20.8. The van der Waals surface area contributed by atoms with Gasteiger partial charge in [-0.3, -0.25) is 0 Å². The summed E-state index contributed by atoms with van der Waals surface area (Å²) in [7, 11) is 2.89. The molecule has 0 N–H and O–H groups in total. The molecule has 0 aliphatic heterocycles. The van der Waals surface area contributed by atoms with E-state index in [0.717, 1.165) is 5.56 Å². The quantitative estimate of drug-likeness (QED) is 0.207. The first-order valence-electron chi connectivity index (χ1n) is 11.1. The number of carbonyl (C=O) groups excluding carboxylic acids is 1. The van der Waals surface area contributed by atoms with E-state index in [9.17, 15) is 4.79 Å². The number of aryl methyl sites for hydroxylation is 1. The Bertz CT molecular complexity index is 1220. The Morgan fingerprint density at radius 2 is 1.83 bits per heavy atom. The number of aromatic nitrogens is 2. The fourth-order valence-electron chi connectivity index (χ4n) is 3.07. The molecule has 0 saturated carbocycles. The van der Waals surface area contributed by atoms with Crippen molar-refractivity contribution in [3.8, 4) is 22.9 Å². The fourth-order valence-corrected chi connectivity index (χ4v) is 3.59. The Hall–Kier alpha value is -3.70. The zero-order valence-corrected chi connectivity index (χ0v) is 21.6. The number of hydrogen-bond acceptors (Lipinski definition) is 10. The van der Waals surface area contributed by atoms with Crippen molar-refractivity contribution in [2.75, 3.05) is 40.3 Å². The van der Waals surface area contributed by atoms with Gasteiger partial charge in [0.05, 0.1) is 26.0 Å². The molecule has 3 aromatic rings. The van der Waals surface area contributed by atoms with Crippen LogP contribution in [0.5, 0.6) is 11.5 Å². The number of carbonyl (C=O) groups is 1. The van der Waals surface area contributed by atoms with E-state index >= 15 is 0 Å². The van der Waals surface area contributed by atoms with Gasteiger partial charge >= 0.3 is 6.09 Å². The molecule has 0 bridgehead atoms. The molecule has 10 nitrogen and oxygen atoms in total. The van der Waals surface area contributed by atoms with Crippen LogP contribution in [0.25, 0.3) is 11.4 Å². The van der Waals surface area contributed by atoms with Gasteiger partial charge in [-0.25, -0.2) is 9.79 Å². The molecule has 0 aliphatic rings. The summed E-state index contributed by atoms with van der Waals surface area (Å²) in [6.45, 7) is 4.89. The molecule has 190 valence electrons. The van der Waals surface area contributed by atoms with Crippen LogP contribution < -0.4 is 9.47 Å². The van der Waals surface area contributed by atoms with E-state index < -0.39 is 6.09 Å². The maximum Gasteiger partial charge on any atom is 0.434 e. The molecule has 0 radical (unpaired) electrons. The predicted molar refractivity (Wildman–Crippen MR) is 139 cm³/mol. The molecule has 0 aliphatic carbocycles. The van der Waals surface area contributed by atoms with Gasteiger partial charge in [0.1, 0.15) is 17.4 Å². The number of aliphatic imine (C=N–C) groups is 2. The first-order chi connectivity index (χ1) is 17.5. The molecule has 1 aromatic heterocycles. The molecule has 0 spiro atoms. The van der Waals surface area contributed by atoms with Gasteiger partial charge in [-0.1, -0.05) is 5.16 Å². The average molecular weight is 513 g/mol. The SMILES string of the molecule is CCOc1cc(C(=N/c2ccc(-c3noc(C)n3)cc2)/C(=N/C(=O)OC)SC)ccc1OCCOC. The molecule has 0 saturated heterocycles. The Morgan fingerprint density at radius 3 is 2.44 bits per heavy atom. The molecule has 11 heteroatoms. The zero-order chi connectivity index (χ0) is 25.9. The number of hydrogen-bond donors (Lipinski definition) is 0. The van der Waals surface area contributed by atoms with Crippen molar-refractivity contribution < 1.29 is 28.3 Å². The highest BCUT2D eigenvalue weighted by atomic mass is 32.2. The topological polar surface area (TPSA) is 118 Å². The third-order valence-electron chi connectivity index (χ3n) is 4.72. The lowest BCUT2D eigenvalue weighted by Gasteiger charge is -2.15. The number of ether oxygens (including phenoxy) is 4. The number of thioether (sulfide) groups is 1. The molecule has 1 heterocycles. The molecule has 3 rings (SSSR count). The van der Waals surface area contributed by atoms with Gasteiger partial charge in [0, 0.05) is 25.2 Å². The van der Waals surface area contributed by atoms with Crippen molar-refractivity contribution in [1.29, 1.82) is 0 Å². The third kappa shape index (κ3) is 7.15.